The van der Waals surface area contributed by atoms with Crippen LogP contribution in [0.5, 0.6) is 0 Å². The van der Waals surface area contributed by atoms with Crippen LogP contribution in [0.25, 0.3) is 111 Å². The van der Waals surface area contributed by atoms with Gasteiger partial charge in [-0.1, -0.05) is 231 Å². The summed E-state index contributed by atoms with van der Waals surface area (Å²) in [5, 5.41) is 12.6. The van der Waals surface area contributed by atoms with Crippen LogP contribution in [-0.2, 0) is 0 Å². The molecule has 0 radical (unpaired) electrons. The van der Waals surface area contributed by atoms with Crippen molar-refractivity contribution in [3.63, 3.8) is 0 Å². The Morgan fingerprint density at radius 1 is 0.207 bits per heavy atom. The first-order valence-electron chi connectivity index (χ1n) is 20.1. The number of hydrogen-bond acceptors (Lipinski definition) is 0. The predicted octanol–water partition coefficient (Wildman–Crippen LogP) is 16.3. The van der Waals surface area contributed by atoms with Crippen molar-refractivity contribution in [3.8, 4) is 44.5 Å². The molecule has 11 aromatic rings. The molecule has 0 heteroatoms. The van der Waals surface area contributed by atoms with Crippen molar-refractivity contribution < 1.29 is 0 Å². The Bertz CT molecular complexity index is 3310. The van der Waals surface area contributed by atoms with E-state index in [1.807, 2.05) is 0 Å². The summed E-state index contributed by atoms with van der Waals surface area (Å²) in [7, 11) is 0. The zero-order chi connectivity index (χ0) is 38.4. The Morgan fingerprint density at radius 2 is 0.603 bits per heavy atom. The minimum absolute atomic E-state index is 1.20. The quantitative estimate of drug-likeness (QED) is 0.118. The van der Waals surface area contributed by atoms with Crippen LogP contribution >= 0.6 is 0 Å². The molecule has 0 aromatic heterocycles. The van der Waals surface area contributed by atoms with E-state index >= 15 is 0 Å². The van der Waals surface area contributed by atoms with Gasteiger partial charge in [-0.05, 0) is 109 Å². The first-order valence-corrected chi connectivity index (χ1v) is 20.1. The van der Waals surface area contributed by atoms with E-state index in [1.54, 1.807) is 0 Å². The van der Waals surface area contributed by atoms with Gasteiger partial charge in [0.25, 0.3) is 0 Å². The number of benzene rings is 11. The van der Waals surface area contributed by atoms with E-state index in [0.717, 1.165) is 0 Å². The average Bonchev–Trinajstić information content (AvgIpc) is 3.30. The van der Waals surface area contributed by atoms with Crippen molar-refractivity contribution in [3.05, 3.63) is 230 Å². The topological polar surface area (TPSA) is 0 Å². The lowest BCUT2D eigenvalue weighted by Crippen LogP contribution is -1.92. The molecule has 0 heterocycles. The lowest BCUT2D eigenvalue weighted by Gasteiger charge is -2.19. The summed E-state index contributed by atoms with van der Waals surface area (Å²) >= 11 is 0. The van der Waals surface area contributed by atoms with Gasteiger partial charge in [0.1, 0.15) is 0 Å². The highest BCUT2D eigenvalue weighted by molar-refractivity contribution is 6.24. The summed E-state index contributed by atoms with van der Waals surface area (Å²) in [6, 6.07) is 79.8. The fraction of sp³-hybridized carbons (Fsp3) is 0. The molecule has 0 aliphatic heterocycles. The number of fused-ring (bicyclic) bond motifs is 5. The average molecular weight is 735 g/mol. The molecule has 11 rings (SSSR count). The van der Waals surface area contributed by atoms with Crippen molar-refractivity contribution >= 4 is 66.0 Å². The molecule has 0 saturated heterocycles. The maximum Gasteiger partial charge on any atom is -0.00201 e. The minimum Gasteiger partial charge on any atom is -0.0622 e. The van der Waals surface area contributed by atoms with E-state index < -0.39 is 0 Å². The normalized spacial score (nSPS) is 11.7. The highest BCUT2D eigenvalue weighted by Gasteiger charge is 2.19. The number of hydrogen-bond donors (Lipinski definition) is 0. The fourth-order valence-corrected chi connectivity index (χ4v) is 9.22. The summed E-state index contributed by atoms with van der Waals surface area (Å²) in [4.78, 5) is 0. The highest BCUT2D eigenvalue weighted by atomic mass is 14.2. The second-order valence-corrected chi connectivity index (χ2v) is 15.1. The smallest absolute Gasteiger partial charge is 0.00201 e. The van der Waals surface area contributed by atoms with E-state index in [2.05, 4.69) is 231 Å². The molecule has 0 amide bonds. The van der Waals surface area contributed by atoms with Gasteiger partial charge in [0.15, 0.2) is 0 Å². The van der Waals surface area contributed by atoms with Gasteiger partial charge in [0, 0.05) is 0 Å². The number of rotatable bonds is 6. The lowest BCUT2D eigenvalue weighted by molar-refractivity contribution is 1.61. The van der Waals surface area contributed by atoms with Crippen LogP contribution in [0.3, 0.4) is 0 Å². The second-order valence-electron chi connectivity index (χ2n) is 15.1. The lowest BCUT2D eigenvalue weighted by atomic mass is 9.84. The van der Waals surface area contributed by atoms with Crippen LogP contribution in [-0.4, -0.2) is 0 Å². The first kappa shape index (κ1) is 33.8. The molecule has 58 heavy (non-hydrogen) atoms. The van der Waals surface area contributed by atoms with Gasteiger partial charge in [0.2, 0.25) is 0 Å². The third kappa shape index (κ3) is 5.69. The van der Waals surface area contributed by atoms with E-state index in [9.17, 15) is 0 Å². The molecule has 0 saturated carbocycles. The van der Waals surface area contributed by atoms with Crippen molar-refractivity contribution in [2.24, 2.45) is 0 Å². The summed E-state index contributed by atoms with van der Waals surface area (Å²) in [6.07, 6.45) is 4.59. The molecule has 0 atom stereocenters. The van der Waals surface area contributed by atoms with Gasteiger partial charge in [-0.3, -0.25) is 0 Å². The highest BCUT2D eigenvalue weighted by Crippen LogP contribution is 2.46. The van der Waals surface area contributed by atoms with E-state index in [-0.39, 0.29) is 0 Å². The largest absolute Gasteiger partial charge is 0.0622 e. The Morgan fingerprint density at radius 3 is 1.21 bits per heavy atom. The van der Waals surface area contributed by atoms with Crippen LogP contribution in [0.4, 0.5) is 0 Å². The molecule has 0 aliphatic carbocycles. The third-order valence-electron chi connectivity index (χ3n) is 11.9. The Balaban J connectivity index is 1.04. The van der Waals surface area contributed by atoms with Crippen LogP contribution in [0.15, 0.2) is 218 Å². The van der Waals surface area contributed by atoms with Crippen LogP contribution < -0.4 is 0 Å². The fourth-order valence-electron chi connectivity index (χ4n) is 9.22. The molecule has 0 aliphatic rings. The van der Waals surface area contributed by atoms with E-state index in [0.29, 0.717) is 0 Å². The molecule has 0 bridgehead atoms. The standard InChI is InChI=1S/C58H38/c1-2-15-39(16-3-1)40-29-33-44(34-30-40)57-52-24-10-12-26-54(52)58(55-27-13-11-25-53(55)57)56-38-36-43(47-21-7-9-23-50(47)56)32-31-42-35-37-51(48-22-8-6-20-46(42)48)49-28-14-18-41-17-4-5-19-45(41)49/h1-38H. The van der Waals surface area contributed by atoms with Gasteiger partial charge in [-0.15, -0.1) is 0 Å². The zero-order valence-corrected chi connectivity index (χ0v) is 31.9. The molecule has 0 spiro atoms. The van der Waals surface area contributed by atoms with Crippen molar-refractivity contribution in [1.29, 1.82) is 0 Å². The Kier molecular flexibility index (Phi) is 8.26. The van der Waals surface area contributed by atoms with Crippen molar-refractivity contribution in [1.82, 2.24) is 0 Å². The van der Waals surface area contributed by atoms with Crippen molar-refractivity contribution in [2.45, 2.75) is 0 Å². The third-order valence-corrected chi connectivity index (χ3v) is 11.9. The second kappa shape index (κ2) is 14.2. The Labute approximate surface area is 338 Å². The van der Waals surface area contributed by atoms with Crippen LogP contribution in [0.1, 0.15) is 11.1 Å². The summed E-state index contributed by atoms with van der Waals surface area (Å²) in [5.41, 5.74) is 12.4. The zero-order valence-electron chi connectivity index (χ0n) is 31.9. The molecular formula is C58H38. The summed E-state index contributed by atoms with van der Waals surface area (Å²) in [5.74, 6) is 0. The molecule has 0 unspecified atom stereocenters. The maximum atomic E-state index is 2.34. The molecule has 0 N–H and O–H groups in total. The van der Waals surface area contributed by atoms with Gasteiger partial charge < -0.3 is 0 Å². The maximum absolute atomic E-state index is 2.34. The van der Waals surface area contributed by atoms with E-state index in [4.69, 9.17) is 0 Å². The minimum atomic E-state index is 1.20. The van der Waals surface area contributed by atoms with Crippen molar-refractivity contribution in [2.75, 3.05) is 0 Å². The molecule has 0 nitrogen and oxygen atoms in total. The molecule has 270 valence electrons. The summed E-state index contributed by atoms with van der Waals surface area (Å²) < 4.78 is 0. The predicted molar refractivity (Wildman–Crippen MR) is 251 cm³/mol. The first-order chi connectivity index (χ1) is 28.8. The molecular weight excluding hydrogens is 697 g/mol. The molecule has 0 fully saturated rings. The van der Waals surface area contributed by atoms with Gasteiger partial charge in [-0.2, -0.15) is 0 Å². The van der Waals surface area contributed by atoms with Gasteiger partial charge in [-0.25, -0.2) is 0 Å². The van der Waals surface area contributed by atoms with Crippen LogP contribution in [0.2, 0.25) is 0 Å². The molecule has 11 aromatic carbocycles. The summed E-state index contributed by atoms with van der Waals surface area (Å²) in [6.45, 7) is 0. The van der Waals surface area contributed by atoms with Crippen LogP contribution in [0, 0.1) is 0 Å². The SMILES string of the molecule is C(=Cc1ccc(-c2c3ccccc3c(-c3ccc(-c4ccccc4)cc3)c3ccccc23)c2ccccc12)c1ccc(-c2cccc3ccccc23)c2ccccc12. The van der Waals surface area contributed by atoms with E-state index in [1.165, 1.54) is 109 Å². The Hall–Kier alpha value is -7.54. The van der Waals surface area contributed by atoms with Gasteiger partial charge >= 0.3 is 0 Å². The monoisotopic (exact) mass is 734 g/mol. The van der Waals surface area contributed by atoms with Gasteiger partial charge in [0.05, 0.1) is 0 Å².